The van der Waals surface area contributed by atoms with Crippen molar-refractivity contribution in [3.63, 3.8) is 0 Å². The molecule has 39 heavy (non-hydrogen) atoms. The fourth-order valence-corrected chi connectivity index (χ4v) is 6.96. The van der Waals surface area contributed by atoms with Crippen LogP contribution < -0.4 is 26.1 Å². The van der Waals surface area contributed by atoms with Crippen molar-refractivity contribution in [2.75, 3.05) is 0 Å². The Labute approximate surface area is 226 Å². The molecule has 2 aromatic heterocycles. The maximum atomic E-state index is 6.64. The minimum Gasteiger partial charge on any atom is -0.466 e. The van der Waals surface area contributed by atoms with E-state index in [2.05, 4.69) is 82.3 Å². The fourth-order valence-electron chi connectivity index (χ4n) is 6.96. The highest BCUT2D eigenvalue weighted by molar-refractivity contribution is 6.97. The van der Waals surface area contributed by atoms with Gasteiger partial charge in [-0.05, 0) is 83.6 Å². The summed E-state index contributed by atoms with van der Waals surface area (Å²) in [5, 5.41) is 3.32. The molecule has 190 valence electrons. The van der Waals surface area contributed by atoms with Gasteiger partial charge in [-0.25, -0.2) is 0 Å². The van der Waals surface area contributed by atoms with Gasteiger partial charge in [0.2, 0.25) is 0 Å². The van der Waals surface area contributed by atoms with E-state index in [0.717, 1.165) is 85.5 Å². The van der Waals surface area contributed by atoms with Crippen LogP contribution in [0.25, 0.3) is 32.9 Å². The zero-order chi connectivity index (χ0) is 26.2. The van der Waals surface area contributed by atoms with Crippen LogP contribution >= 0.6 is 0 Å². The van der Waals surface area contributed by atoms with Crippen LogP contribution in [0.4, 0.5) is 0 Å². The van der Waals surface area contributed by atoms with Crippen LogP contribution in [-0.2, 0) is 18.3 Å². The van der Waals surface area contributed by atoms with E-state index >= 15 is 0 Å². The van der Waals surface area contributed by atoms with E-state index in [9.17, 15) is 0 Å². The van der Waals surface area contributed by atoms with Crippen molar-refractivity contribution >= 4 is 56.2 Å². The number of ether oxygens (including phenoxy) is 2. The summed E-state index contributed by atoms with van der Waals surface area (Å²) in [4.78, 5) is 0. The van der Waals surface area contributed by atoms with Crippen molar-refractivity contribution in [3.05, 3.63) is 76.9 Å². The minimum atomic E-state index is -0.127. The molecular weight excluding hydrogens is 483 g/mol. The monoisotopic (exact) mass is 510 g/mol. The Kier molecular flexibility index (Phi) is 3.96. The molecule has 1 aliphatic carbocycles. The standard InChI is InChI=1S/C34H27BO4/c1-17-12-28-30-29(13-17)38-32-23-14-19(34(2,3)4)9-11-25(23)39-33(32)35(30)24-15-22-21-10-8-18-6-5-7-20(18)31(21)37-26(22)16-27(24)36-28/h8-16H,5-7H2,1-4H3. The summed E-state index contributed by atoms with van der Waals surface area (Å²) in [5.41, 5.74) is 10.9. The summed E-state index contributed by atoms with van der Waals surface area (Å²) in [7, 11) is 0. The molecule has 0 fully saturated rings. The van der Waals surface area contributed by atoms with Gasteiger partial charge >= 0.3 is 6.71 Å². The first-order valence-electron chi connectivity index (χ1n) is 13.9. The third kappa shape index (κ3) is 2.85. The first kappa shape index (κ1) is 21.8. The summed E-state index contributed by atoms with van der Waals surface area (Å²) >= 11 is 0. The van der Waals surface area contributed by atoms with E-state index in [1.165, 1.54) is 28.5 Å². The third-order valence-corrected chi connectivity index (χ3v) is 8.92. The minimum absolute atomic E-state index is 0.0219. The largest absolute Gasteiger partial charge is 0.466 e. The summed E-state index contributed by atoms with van der Waals surface area (Å²) < 4.78 is 26.4. The van der Waals surface area contributed by atoms with E-state index in [1.807, 2.05) is 0 Å². The van der Waals surface area contributed by atoms with Gasteiger partial charge in [0.1, 0.15) is 39.7 Å². The average molecular weight is 510 g/mol. The van der Waals surface area contributed by atoms with Gasteiger partial charge in [-0.3, -0.25) is 0 Å². The van der Waals surface area contributed by atoms with E-state index < -0.39 is 0 Å². The fraction of sp³-hybridized carbons (Fsp3) is 0.235. The summed E-state index contributed by atoms with van der Waals surface area (Å²) in [6, 6.07) is 19.5. The first-order chi connectivity index (χ1) is 18.8. The smallest absolute Gasteiger partial charge is 0.305 e. The van der Waals surface area contributed by atoms with Crippen LogP contribution in [0.3, 0.4) is 0 Å². The topological polar surface area (TPSA) is 44.7 Å². The number of fused-ring (bicyclic) bond motifs is 11. The highest BCUT2D eigenvalue weighted by Gasteiger charge is 2.44. The van der Waals surface area contributed by atoms with E-state index in [0.29, 0.717) is 0 Å². The zero-order valence-corrected chi connectivity index (χ0v) is 22.5. The van der Waals surface area contributed by atoms with Gasteiger partial charge in [-0.1, -0.05) is 45.0 Å². The second-order valence-electron chi connectivity index (χ2n) is 12.5. The highest BCUT2D eigenvalue weighted by atomic mass is 16.5. The second-order valence-corrected chi connectivity index (χ2v) is 12.5. The van der Waals surface area contributed by atoms with Crippen molar-refractivity contribution in [2.45, 2.75) is 52.4 Å². The molecule has 0 saturated carbocycles. The average Bonchev–Trinajstić information content (AvgIpc) is 3.61. The summed E-state index contributed by atoms with van der Waals surface area (Å²) in [5.74, 6) is 3.29. The molecule has 2 aliphatic heterocycles. The van der Waals surface area contributed by atoms with Gasteiger partial charge < -0.3 is 18.3 Å². The summed E-state index contributed by atoms with van der Waals surface area (Å²) in [6.45, 7) is 8.65. The highest BCUT2D eigenvalue weighted by Crippen LogP contribution is 2.43. The van der Waals surface area contributed by atoms with Crippen molar-refractivity contribution < 1.29 is 18.3 Å². The maximum Gasteiger partial charge on any atom is 0.305 e. The zero-order valence-electron chi connectivity index (χ0n) is 22.5. The molecule has 4 nitrogen and oxygen atoms in total. The predicted molar refractivity (Wildman–Crippen MR) is 157 cm³/mol. The van der Waals surface area contributed by atoms with Crippen LogP contribution in [0.2, 0.25) is 0 Å². The molecule has 4 heterocycles. The Bertz CT molecular complexity index is 2050. The quantitative estimate of drug-likeness (QED) is 0.203. The lowest BCUT2D eigenvalue weighted by atomic mass is 9.37. The van der Waals surface area contributed by atoms with Crippen LogP contribution in [0.1, 0.15) is 49.4 Å². The molecule has 0 N–H and O–H groups in total. The Hall–Kier alpha value is -4.12. The normalized spacial score (nSPS) is 15.2. The molecule has 0 amide bonds. The number of aryl methyl sites for hydroxylation is 3. The van der Waals surface area contributed by atoms with Crippen LogP contribution in [0.15, 0.2) is 63.4 Å². The van der Waals surface area contributed by atoms with Gasteiger partial charge in [0.05, 0.1) is 5.39 Å². The number of hydrogen-bond donors (Lipinski definition) is 0. The Balaban J connectivity index is 1.34. The molecule has 0 bridgehead atoms. The molecule has 0 saturated heterocycles. The number of hydrogen-bond acceptors (Lipinski definition) is 4. The Morgan fingerprint density at radius 3 is 2.44 bits per heavy atom. The van der Waals surface area contributed by atoms with Crippen molar-refractivity contribution in [2.24, 2.45) is 0 Å². The van der Waals surface area contributed by atoms with Gasteiger partial charge in [0, 0.05) is 22.3 Å². The van der Waals surface area contributed by atoms with Crippen LogP contribution in [0.5, 0.6) is 23.0 Å². The van der Waals surface area contributed by atoms with Crippen molar-refractivity contribution in [3.8, 4) is 23.0 Å². The molecule has 0 spiro atoms. The Morgan fingerprint density at radius 1 is 0.744 bits per heavy atom. The molecular formula is C34H27BO4. The van der Waals surface area contributed by atoms with E-state index in [-0.39, 0.29) is 12.1 Å². The second kappa shape index (κ2) is 7.09. The molecule has 0 radical (unpaired) electrons. The molecule has 5 heteroatoms. The molecule has 4 aromatic carbocycles. The Morgan fingerprint density at radius 2 is 1.59 bits per heavy atom. The molecule has 9 rings (SSSR count). The van der Waals surface area contributed by atoms with Gasteiger partial charge in [-0.15, -0.1) is 0 Å². The van der Waals surface area contributed by atoms with Crippen LogP contribution in [0, 0.1) is 6.92 Å². The molecule has 0 unspecified atom stereocenters. The van der Waals surface area contributed by atoms with Gasteiger partial charge in [0.15, 0.2) is 5.75 Å². The SMILES string of the molecule is Cc1cc2c3c(c1)Oc1c(oc4ccc(C(C)(C)C)cc14)B3c1cc3c(cc1O2)oc1c2c(ccc13)CCC2. The maximum absolute atomic E-state index is 6.64. The first-order valence-corrected chi connectivity index (χ1v) is 13.9. The van der Waals surface area contributed by atoms with Crippen molar-refractivity contribution in [1.82, 2.24) is 0 Å². The van der Waals surface area contributed by atoms with Crippen molar-refractivity contribution in [1.29, 1.82) is 0 Å². The van der Waals surface area contributed by atoms with E-state index in [4.69, 9.17) is 18.3 Å². The third-order valence-electron chi connectivity index (χ3n) is 8.92. The lowest BCUT2D eigenvalue weighted by Crippen LogP contribution is -2.57. The lowest BCUT2D eigenvalue weighted by molar-refractivity contribution is 0.460. The van der Waals surface area contributed by atoms with Crippen LogP contribution in [-0.4, -0.2) is 6.71 Å². The predicted octanol–water partition coefficient (Wildman–Crippen LogP) is 7.15. The van der Waals surface area contributed by atoms with Gasteiger partial charge in [0.25, 0.3) is 0 Å². The number of benzene rings is 4. The molecule has 0 atom stereocenters. The molecule has 6 aromatic rings. The number of rotatable bonds is 0. The van der Waals surface area contributed by atoms with Gasteiger partial charge in [-0.2, -0.15) is 0 Å². The van der Waals surface area contributed by atoms with E-state index in [1.54, 1.807) is 0 Å². The number of furan rings is 2. The summed E-state index contributed by atoms with van der Waals surface area (Å²) in [6.07, 6.45) is 3.40. The lowest BCUT2D eigenvalue weighted by Gasteiger charge is -2.30. The molecule has 3 aliphatic rings.